The Kier molecular flexibility index (Phi) is 5.14. The summed E-state index contributed by atoms with van der Waals surface area (Å²) in [5.74, 6) is 0.584. The molecule has 0 saturated heterocycles. The van der Waals surface area contributed by atoms with Gasteiger partial charge in [-0.15, -0.1) is 0 Å². The monoisotopic (exact) mass is 378 g/mol. The van der Waals surface area contributed by atoms with Crippen LogP contribution in [0.3, 0.4) is 0 Å². The number of carbonyl (C=O) groups excluding carboxylic acids is 1. The van der Waals surface area contributed by atoms with Gasteiger partial charge in [0.25, 0.3) is 0 Å². The highest BCUT2D eigenvalue weighted by molar-refractivity contribution is 5.83. The molecular weight excluding hydrogens is 359 g/mol. The molecule has 0 aliphatic rings. The van der Waals surface area contributed by atoms with E-state index in [0.717, 1.165) is 22.0 Å². The average Bonchev–Trinajstić information content (AvgIpc) is 3.34. The molecule has 4 rings (SSSR count). The van der Waals surface area contributed by atoms with Crippen LogP contribution in [0.5, 0.6) is 0 Å². The quantitative estimate of drug-likeness (QED) is 0.514. The van der Waals surface area contributed by atoms with Crippen LogP contribution in [-0.4, -0.2) is 27.6 Å². The van der Waals surface area contributed by atoms with Gasteiger partial charge in [-0.1, -0.05) is 35.5 Å². The normalized spacial score (nSPS) is 11.0. The molecule has 142 valence electrons. The van der Waals surface area contributed by atoms with Crippen molar-refractivity contribution in [1.82, 2.24) is 20.4 Å². The molecule has 0 radical (unpaired) electrons. The molecule has 0 aliphatic carbocycles. The van der Waals surface area contributed by atoms with Crippen LogP contribution in [0.4, 0.5) is 4.39 Å². The number of halogens is 1. The van der Waals surface area contributed by atoms with Gasteiger partial charge in [0.15, 0.2) is 0 Å². The van der Waals surface area contributed by atoms with E-state index in [2.05, 4.69) is 20.4 Å². The Bertz CT molecular complexity index is 1090. The van der Waals surface area contributed by atoms with Gasteiger partial charge in [-0.3, -0.25) is 4.79 Å². The second-order valence-electron chi connectivity index (χ2n) is 6.48. The molecular formula is C21H19FN4O2. The molecule has 4 aromatic rings. The molecule has 1 amide bonds. The summed E-state index contributed by atoms with van der Waals surface area (Å²) >= 11 is 0. The van der Waals surface area contributed by atoms with E-state index in [9.17, 15) is 9.18 Å². The largest absolute Gasteiger partial charge is 0.361 e. The molecule has 2 aromatic carbocycles. The average molecular weight is 378 g/mol. The van der Waals surface area contributed by atoms with Gasteiger partial charge in [0.1, 0.15) is 5.82 Å². The van der Waals surface area contributed by atoms with Gasteiger partial charge in [-0.25, -0.2) is 4.39 Å². The molecule has 0 spiro atoms. The van der Waals surface area contributed by atoms with Gasteiger partial charge in [0.2, 0.25) is 17.6 Å². The van der Waals surface area contributed by atoms with Crippen molar-refractivity contribution in [1.29, 1.82) is 0 Å². The lowest BCUT2D eigenvalue weighted by Crippen LogP contribution is -2.25. The number of hydrogen-bond acceptors (Lipinski definition) is 4. The van der Waals surface area contributed by atoms with Gasteiger partial charge in [-0.05, 0) is 30.2 Å². The Hall–Kier alpha value is -3.48. The van der Waals surface area contributed by atoms with Crippen molar-refractivity contribution in [3.63, 3.8) is 0 Å². The van der Waals surface area contributed by atoms with E-state index in [0.29, 0.717) is 31.1 Å². The molecule has 2 aromatic heterocycles. The van der Waals surface area contributed by atoms with E-state index in [4.69, 9.17) is 4.52 Å². The molecule has 7 heteroatoms. The van der Waals surface area contributed by atoms with Crippen LogP contribution in [0.1, 0.15) is 17.9 Å². The molecule has 0 atom stereocenters. The number of nitrogens with one attached hydrogen (secondary N) is 2. The lowest BCUT2D eigenvalue weighted by atomic mass is 10.1. The van der Waals surface area contributed by atoms with E-state index < -0.39 is 0 Å². The van der Waals surface area contributed by atoms with E-state index in [1.54, 1.807) is 6.07 Å². The Morgan fingerprint density at radius 1 is 1.14 bits per heavy atom. The minimum absolute atomic E-state index is 0.0921. The highest BCUT2D eigenvalue weighted by Gasteiger charge is 2.11. The number of nitrogens with zero attached hydrogens (tertiary/aromatic N) is 2. The summed E-state index contributed by atoms with van der Waals surface area (Å²) in [7, 11) is 0. The van der Waals surface area contributed by atoms with Crippen LogP contribution in [0.25, 0.3) is 22.3 Å². The lowest BCUT2D eigenvalue weighted by Gasteiger charge is -2.04. The smallest absolute Gasteiger partial charge is 0.227 e. The Balaban J connectivity index is 1.26. The van der Waals surface area contributed by atoms with Gasteiger partial charge in [-0.2, -0.15) is 4.98 Å². The fraction of sp³-hybridized carbons (Fsp3) is 0.190. The zero-order valence-electron chi connectivity index (χ0n) is 15.1. The number of aromatic nitrogens is 3. The maximum Gasteiger partial charge on any atom is 0.227 e. The van der Waals surface area contributed by atoms with Crippen LogP contribution in [0.15, 0.2) is 59.3 Å². The Labute approximate surface area is 160 Å². The summed E-state index contributed by atoms with van der Waals surface area (Å²) in [5, 5.41) is 7.66. The zero-order valence-corrected chi connectivity index (χ0v) is 15.1. The van der Waals surface area contributed by atoms with Gasteiger partial charge >= 0.3 is 0 Å². The number of aryl methyl sites for hydroxylation is 1. The standard InChI is InChI=1S/C21H19FN4O2/c22-16-6-7-18-17(12-16)15(13-24-18)10-11-23-19(27)8-9-20-25-21(26-28-20)14-4-2-1-3-5-14/h1-7,12-13,24H,8-11H2,(H,23,27). The van der Waals surface area contributed by atoms with Crippen LogP contribution in [-0.2, 0) is 17.6 Å². The second-order valence-corrected chi connectivity index (χ2v) is 6.48. The number of carbonyl (C=O) groups is 1. The maximum absolute atomic E-state index is 13.4. The first-order valence-electron chi connectivity index (χ1n) is 9.09. The first-order valence-corrected chi connectivity index (χ1v) is 9.09. The molecule has 2 heterocycles. The first kappa shape index (κ1) is 17.9. The van der Waals surface area contributed by atoms with E-state index in [-0.39, 0.29) is 18.1 Å². The third kappa shape index (κ3) is 4.09. The molecule has 0 fully saturated rings. The minimum Gasteiger partial charge on any atom is -0.361 e. The molecule has 2 N–H and O–H groups in total. The van der Waals surface area contributed by atoms with Crippen molar-refractivity contribution >= 4 is 16.8 Å². The number of hydrogen-bond donors (Lipinski definition) is 2. The van der Waals surface area contributed by atoms with Crippen molar-refractivity contribution in [3.8, 4) is 11.4 Å². The van der Waals surface area contributed by atoms with Gasteiger partial charge in [0.05, 0.1) is 0 Å². The number of fused-ring (bicyclic) bond motifs is 1. The summed E-state index contributed by atoms with van der Waals surface area (Å²) in [6.07, 6.45) is 3.11. The number of H-pyrrole nitrogens is 1. The fourth-order valence-electron chi connectivity index (χ4n) is 3.06. The highest BCUT2D eigenvalue weighted by atomic mass is 19.1. The molecule has 0 saturated carbocycles. The summed E-state index contributed by atoms with van der Waals surface area (Å²) in [6.45, 7) is 0.474. The van der Waals surface area contributed by atoms with Crippen LogP contribution in [0, 0.1) is 5.82 Å². The SMILES string of the molecule is O=C(CCc1nc(-c2ccccc2)no1)NCCc1c[nH]c2ccc(F)cc12. The van der Waals surface area contributed by atoms with E-state index in [1.165, 1.54) is 12.1 Å². The van der Waals surface area contributed by atoms with Crippen LogP contribution in [0.2, 0.25) is 0 Å². The Morgan fingerprint density at radius 2 is 2.00 bits per heavy atom. The summed E-state index contributed by atoms with van der Waals surface area (Å²) < 4.78 is 18.6. The molecule has 0 unspecified atom stereocenters. The molecule has 28 heavy (non-hydrogen) atoms. The zero-order chi connectivity index (χ0) is 19.3. The predicted molar refractivity (Wildman–Crippen MR) is 103 cm³/mol. The minimum atomic E-state index is -0.271. The fourth-order valence-corrected chi connectivity index (χ4v) is 3.06. The van der Waals surface area contributed by atoms with Crippen molar-refractivity contribution in [2.45, 2.75) is 19.3 Å². The summed E-state index contributed by atoms with van der Waals surface area (Å²) in [5.41, 5.74) is 2.73. The predicted octanol–water partition coefficient (Wildman–Crippen LogP) is 3.65. The summed E-state index contributed by atoms with van der Waals surface area (Å²) in [4.78, 5) is 19.5. The first-order chi connectivity index (χ1) is 13.7. The summed E-state index contributed by atoms with van der Waals surface area (Å²) in [6, 6.07) is 14.2. The van der Waals surface area contributed by atoms with Crippen molar-refractivity contribution in [3.05, 3.63) is 72.0 Å². The molecule has 0 bridgehead atoms. The third-order valence-corrected chi connectivity index (χ3v) is 4.51. The highest BCUT2D eigenvalue weighted by Crippen LogP contribution is 2.19. The number of rotatable bonds is 7. The number of benzene rings is 2. The Morgan fingerprint density at radius 3 is 2.86 bits per heavy atom. The second kappa shape index (κ2) is 8.04. The van der Waals surface area contributed by atoms with E-state index in [1.807, 2.05) is 36.5 Å². The molecule has 0 aliphatic heterocycles. The lowest BCUT2D eigenvalue weighted by molar-refractivity contribution is -0.121. The van der Waals surface area contributed by atoms with Crippen LogP contribution >= 0.6 is 0 Å². The topological polar surface area (TPSA) is 83.8 Å². The number of aromatic amines is 1. The van der Waals surface area contributed by atoms with Crippen molar-refractivity contribution in [2.24, 2.45) is 0 Å². The van der Waals surface area contributed by atoms with Crippen LogP contribution < -0.4 is 5.32 Å². The third-order valence-electron chi connectivity index (χ3n) is 4.51. The van der Waals surface area contributed by atoms with Gasteiger partial charge < -0.3 is 14.8 Å². The van der Waals surface area contributed by atoms with Crippen molar-refractivity contribution in [2.75, 3.05) is 6.54 Å². The molecule has 6 nitrogen and oxygen atoms in total. The van der Waals surface area contributed by atoms with Gasteiger partial charge in [0, 0.05) is 42.0 Å². The van der Waals surface area contributed by atoms with E-state index >= 15 is 0 Å². The maximum atomic E-state index is 13.4. The number of amides is 1. The van der Waals surface area contributed by atoms with Crippen molar-refractivity contribution < 1.29 is 13.7 Å².